The smallest absolute Gasteiger partial charge is 0.141 e. The summed E-state index contributed by atoms with van der Waals surface area (Å²) in [6.45, 7) is 0. The van der Waals surface area contributed by atoms with Gasteiger partial charge in [0, 0.05) is 4.90 Å². The molecule has 98 valence electrons. The van der Waals surface area contributed by atoms with Crippen LogP contribution in [-0.2, 0) is 0 Å². The third-order valence-electron chi connectivity index (χ3n) is 2.53. The molecular weight excluding hydrogens is 263 g/mol. The van der Waals surface area contributed by atoms with E-state index in [2.05, 4.69) is 0 Å². The zero-order valence-electron chi connectivity index (χ0n) is 10.3. The third kappa shape index (κ3) is 2.88. The maximum absolute atomic E-state index is 13.7. The Morgan fingerprint density at radius 2 is 1.84 bits per heavy atom. The quantitative estimate of drug-likeness (QED) is 0.509. The second-order valence-electron chi connectivity index (χ2n) is 3.78. The van der Waals surface area contributed by atoms with Crippen LogP contribution < -0.4 is 10.5 Å². The van der Waals surface area contributed by atoms with Gasteiger partial charge in [-0.25, -0.2) is 4.39 Å². The number of hydrogen-bond acceptors (Lipinski definition) is 3. The highest BCUT2D eigenvalue weighted by Gasteiger charge is 2.14. The van der Waals surface area contributed by atoms with E-state index in [4.69, 9.17) is 15.9 Å². The first-order valence-electron chi connectivity index (χ1n) is 5.57. The summed E-state index contributed by atoms with van der Waals surface area (Å²) in [7, 11) is 0. The van der Waals surface area contributed by atoms with Gasteiger partial charge in [-0.1, -0.05) is 18.2 Å². The fraction of sp³-hybridized carbons (Fsp3) is 0.0714. The van der Waals surface area contributed by atoms with Gasteiger partial charge in [0.2, 0.25) is 0 Å². The largest absolute Gasteiger partial charge is 0.455 e. The van der Waals surface area contributed by atoms with Crippen LogP contribution in [0.2, 0.25) is 0 Å². The number of nitrogens with one attached hydrogen (secondary N) is 1. The van der Waals surface area contributed by atoms with Gasteiger partial charge in [-0.3, -0.25) is 5.41 Å². The van der Waals surface area contributed by atoms with Gasteiger partial charge < -0.3 is 10.5 Å². The molecule has 0 aromatic heterocycles. The summed E-state index contributed by atoms with van der Waals surface area (Å²) in [5.74, 6) is -0.0570. The average Bonchev–Trinajstić information content (AvgIpc) is 2.39. The van der Waals surface area contributed by atoms with Gasteiger partial charge in [0.25, 0.3) is 0 Å². The highest BCUT2D eigenvalue weighted by atomic mass is 32.2. The molecule has 0 aliphatic rings. The molecule has 0 saturated carbocycles. The highest BCUT2D eigenvalue weighted by Crippen LogP contribution is 2.33. The molecule has 0 saturated heterocycles. The molecule has 3 N–H and O–H groups in total. The van der Waals surface area contributed by atoms with Crippen LogP contribution in [0.5, 0.6) is 11.5 Å². The molecule has 0 aliphatic heterocycles. The summed E-state index contributed by atoms with van der Waals surface area (Å²) in [6.07, 6.45) is 1.93. The van der Waals surface area contributed by atoms with Crippen molar-refractivity contribution in [2.45, 2.75) is 4.90 Å². The van der Waals surface area contributed by atoms with Crippen LogP contribution in [0.25, 0.3) is 0 Å². The maximum Gasteiger partial charge on any atom is 0.141 e. The van der Waals surface area contributed by atoms with E-state index in [1.807, 2.05) is 24.5 Å². The second kappa shape index (κ2) is 5.75. The lowest BCUT2D eigenvalue weighted by Gasteiger charge is -2.13. The van der Waals surface area contributed by atoms with Gasteiger partial charge in [-0.2, -0.15) is 0 Å². The fourth-order valence-corrected chi connectivity index (χ4v) is 2.20. The van der Waals surface area contributed by atoms with E-state index >= 15 is 0 Å². The Morgan fingerprint density at radius 3 is 2.53 bits per heavy atom. The van der Waals surface area contributed by atoms with Crippen LogP contribution in [0.4, 0.5) is 4.39 Å². The van der Waals surface area contributed by atoms with Crippen molar-refractivity contribution in [3.05, 3.63) is 53.8 Å². The van der Waals surface area contributed by atoms with E-state index in [1.54, 1.807) is 12.1 Å². The molecule has 0 spiro atoms. The molecule has 19 heavy (non-hydrogen) atoms. The standard InChI is InChI=1S/C14H13FN2OS/c1-19-12-8-3-2-6-10(12)18-11-7-4-5-9(15)13(11)14(16)17/h2-8H,1H3,(H3,16,17). The van der Waals surface area contributed by atoms with Crippen molar-refractivity contribution in [3.63, 3.8) is 0 Å². The molecule has 0 unspecified atom stereocenters. The molecule has 0 bridgehead atoms. The van der Waals surface area contributed by atoms with E-state index in [0.29, 0.717) is 5.75 Å². The van der Waals surface area contributed by atoms with Crippen LogP contribution in [0.15, 0.2) is 47.4 Å². The van der Waals surface area contributed by atoms with Crippen LogP contribution >= 0.6 is 11.8 Å². The van der Waals surface area contributed by atoms with Crippen LogP contribution in [0, 0.1) is 11.2 Å². The van der Waals surface area contributed by atoms with Crippen LogP contribution in [0.3, 0.4) is 0 Å². The minimum Gasteiger partial charge on any atom is -0.455 e. The lowest BCUT2D eigenvalue weighted by Crippen LogP contribution is -2.14. The summed E-state index contributed by atoms with van der Waals surface area (Å²) in [5, 5.41) is 7.43. The number of hydrogen-bond donors (Lipinski definition) is 2. The van der Waals surface area contributed by atoms with E-state index in [0.717, 1.165) is 4.90 Å². The van der Waals surface area contributed by atoms with Gasteiger partial charge >= 0.3 is 0 Å². The van der Waals surface area contributed by atoms with Gasteiger partial charge in [0.1, 0.15) is 23.2 Å². The van der Waals surface area contributed by atoms with Crippen molar-refractivity contribution in [1.82, 2.24) is 0 Å². The molecule has 0 aliphatic carbocycles. The SMILES string of the molecule is CSc1ccccc1Oc1cccc(F)c1C(=N)N. The van der Waals surface area contributed by atoms with Crippen LogP contribution in [0.1, 0.15) is 5.56 Å². The van der Waals surface area contributed by atoms with E-state index < -0.39 is 5.82 Å². The van der Waals surface area contributed by atoms with Crippen molar-refractivity contribution in [3.8, 4) is 11.5 Å². The fourth-order valence-electron chi connectivity index (χ4n) is 1.67. The molecule has 0 fully saturated rings. The number of ether oxygens (including phenoxy) is 1. The topological polar surface area (TPSA) is 59.1 Å². The molecule has 0 atom stereocenters. The third-order valence-corrected chi connectivity index (χ3v) is 3.31. The van der Waals surface area contributed by atoms with Gasteiger partial charge in [-0.15, -0.1) is 11.8 Å². The molecule has 5 heteroatoms. The molecule has 0 radical (unpaired) electrons. The number of para-hydroxylation sites is 1. The number of rotatable bonds is 4. The number of nitrogen functional groups attached to an aromatic ring is 1. The first-order chi connectivity index (χ1) is 9.13. The normalized spacial score (nSPS) is 10.2. The highest BCUT2D eigenvalue weighted by molar-refractivity contribution is 7.98. The number of halogens is 1. The number of benzene rings is 2. The number of amidine groups is 1. The van der Waals surface area contributed by atoms with Crippen molar-refractivity contribution in [2.75, 3.05) is 6.26 Å². The minimum atomic E-state index is -0.563. The molecule has 2 aromatic rings. The Morgan fingerprint density at radius 1 is 1.16 bits per heavy atom. The maximum atomic E-state index is 13.7. The molecule has 2 rings (SSSR count). The number of thioether (sulfide) groups is 1. The Hall–Kier alpha value is -2.01. The summed E-state index contributed by atoms with van der Waals surface area (Å²) in [6, 6.07) is 11.8. The molecule has 3 nitrogen and oxygen atoms in total. The summed E-state index contributed by atoms with van der Waals surface area (Å²) in [4.78, 5) is 0.932. The molecule has 0 heterocycles. The lowest BCUT2D eigenvalue weighted by molar-refractivity contribution is 0.464. The van der Waals surface area contributed by atoms with Crippen LogP contribution in [-0.4, -0.2) is 12.1 Å². The Balaban J connectivity index is 2.44. The Bertz CT molecular complexity index is 616. The van der Waals surface area contributed by atoms with Crippen molar-refractivity contribution in [2.24, 2.45) is 5.73 Å². The Labute approximate surface area is 115 Å². The summed E-state index contributed by atoms with van der Waals surface area (Å²) >= 11 is 1.53. The van der Waals surface area contributed by atoms with E-state index in [-0.39, 0.29) is 17.1 Å². The molecule has 2 aromatic carbocycles. The summed E-state index contributed by atoms with van der Waals surface area (Å²) in [5.41, 5.74) is 5.38. The Kier molecular flexibility index (Phi) is 4.06. The monoisotopic (exact) mass is 276 g/mol. The second-order valence-corrected chi connectivity index (χ2v) is 4.63. The molecular formula is C14H13FN2OS. The van der Waals surface area contributed by atoms with Gasteiger partial charge in [0.05, 0.1) is 5.56 Å². The molecule has 0 amide bonds. The van der Waals surface area contributed by atoms with Crippen molar-refractivity contribution >= 4 is 17.6 Å². The van der Waals surface area contributed by atoms with E-state index in [1.165, 1.54) is 23.9 Å². The predicted octanol–water partition coefficient (Wildman–Crippen LogP) is 3.62. The predicted molar refractivity (Wildman–Crippen MR) is 75.7 cm³/mol. The average molecular weight is 276 g/mol. The van der Waals surface area contributed by atoms with Crippen molar-refractivity contribution in [1.29, 1.82) is 5.41 Å². The van der Waals surface area contributed by atoms with Crippen molar-refractivity contribution < 1.29 is 9.13 Å². The summed E-state index contributed by atoms with van der Waals surface area (Å²) < 4.78 is 19.4. The first kappa shape index (κ1) is 13.4. The van der Waals surface area contributed by atoms with Gasteiger partial charge in [0.15, 0.2) is 0 Å². The van der Waals surface area contributed by atoms with E-state index in [9.17, 15) is 4.39 Å². The zero-order valence-corrected chi connectivity index (χ0v) is 11.1. The zero-order chi connectivity index (χ0) is 13.8. The first-order valence-corrected chi connectivity index (χ1v) is 6.79. The number of nitrogens with two attached hydrogens (primary N) is 1. The van der Waals surface area contributed by atoms with Gasteiger partial charge in [-0.05, 0) is 30.5 Å². The minimum absolute atomic E-state index is 0.0154. The lowest BCUT2D eigenvalue weighted by atomic mass is 10.1.